The van der Waals surface area contributed by atoms with Gasteiger partial charge in [-0.1, -0.05) is 0 Å². The summed E-state index contributed by atoms with van der Waals surface area (Å²) in [6.07, 6.45) is -5.45. The zero-order valence-corrected chi connectivity index (χ0v) is 13.7. The van der Waals surface area contributed by atoms with E-state index in [1.807, 2.05) is 0 Å². The van der Waals surface area contributed by atoms with E-state index < -0.39 is 23.8 Å². The first kappa shape index (κ1) is 19.0. The van der Waals surface area contributed by atoms with Crippen LogP contribution in [-0.4, -0.2) is 28.0 Å². The fourth-order valence-electron chi connectivity index (χ4n) is 1.95. The quantitative estimate of drug-likeness (QED) is 0.704. The summed E-state index contributed by atoms with van der Waals surface area (Å²) in [5.41, 5.74) is -0.824. The molecule has 0 fully saturated rings. The van der Waals surface area contributed by atoms with Crippen molar-refractivity contribution in [2.45, 2.75) is 23.6 Å². The first-order chi connectivity index (χ1) is 11.8. The molecule has 0 spiro atoms. The lowest BCUT2D eigenvalue weighted by Gasteiger charge is -2.15. The van der Waals surface area contributed by atoms with Crippen LogP contribution < -0.4 is 4.74 Å². The van der Waals surface area contributed by atoms with Gasteiger partial charge in [-0.2, -0.15) is 13.2 Å². The molecule has 0 aliphatic carbocycles. The largest absolute Gasteiger partial charge is 0.508 e. The highest BCUT2D eigenvalue weighted by Crippen LogP contribution is 2.30. The molecule has 0 saturated heterocycles. The maximum atomic E-state index is 12.5. The van der Waals surface area contributed by atoms with Crippen LogP contribution in [0.5, 0.6) is 11.5 Å². The van der Waals surface area contributed by atoms with Gasteiger partial charge in [0.1, 0.15) is 11.5 Å². The van der Waals surface area contributed by atoms with Crippen molar-refractivity contribution in [1.29, 1.82) is 0 Å². The summed E-state index contributed by atoms with van der Waals surface area (Å²) in [6.45, 7) is 0. The number of carboxylic acids is 1. The number of aromatic hydroxyl groups is 1. The Labute approximate surface area is 146 Å². The number of thioether (sulfide) groups is 1. The summed E-state index contributed by atoms with van der Waals surface area (Å²) in [6, 6.07) is 10.3. The van der Waals surface area contributed by atoms with Gasteiger partial charge in [-0.25, -0.2) is 4.79 Å². The van der Waals surface area contributed by atoms with Gasteiger partial charge >= 0.3 is 12.1 Å². The Morgan fingerprint density at radius 3 is 2.20 bits per heavy atom. The van der Waals surface area contributed by atoms with Crippen molar-refractivity contribution in [2.75, 3.05) is 5.75 Å². The zero-order chi connectivity index (χ0) is 18.4. The Morgan fingerprint density at radius 2 is 1.68 bits per heavy atom. The molecule has 0 bridgehead atoms. The minimum Gasteiger partial charge on any atom is -0.508 e. The Bertz CT molecular complexity index is 699. The van der Waals surface area contributed by atoms with Crippen LogP contribution in [0.1, 0.15) is 12.0 Å². The Balaban J connectivity index is 1.92. The van der Waals surface area contributed by atoms with Crippen molar-refractivity contribution in [3.8, 4) is 11.5 Å². The van der Waals surface area contributed by atoms with Gasteiger partial charge in [0.05, 0.1) is 5.56 Å². The number of halogens is 3. The summed E-state index contributed by atoms with van der Waals surface area (Å²) in [5, 5.41) is 18.4. The Morgan fingerprint density at radius 1 is 1.08 bits per heavy atom. The molecule has 2 aromatic carbocycles. The van der Waals surface area contributed by atoms with Gasteiger partial charge < -0.3 is 14.9 Å². The van der Waals surface area contributed by atoms with Crippen LogP contribution >= 0.6 is 11.8 Å². The number of ether oxygens (including phenoxy) is 1. The van der Waals surface area contributed by atoms with E-state index in [1.54, 1.807) is 12.1 Å². The normalized spacial score (nSPS) is 12.6. The van der Waals surface area contributed by atoms with Crippen molar-refractivity contribution in [2.24, 2.45) is 0 Å². The fraction of sp³-hybridized carbons (Fsp3) is 0.235. The number of hydrogen-bond donors (Lipinski definition) is 2. The second-order valence-corrected chi connectivity index (χ2v) is 6.27. The number of alkyl halides is 3. The Hall–Kier alpha value is -2.35. The average Bonchev–Trinajstić information content (AvgIpc) is 2.55. The molecule has 2 rings (SSSR count). The summed E-state index contributed by atoms with van der Waals surface area (Å²) in [7, 11) is 0. The molecule has 0 aliphatic heterocycles. The molecule has 2 N–H and O–H groups in total. The van der Waals surface area contributed by atoms with E-state index in [0.717, 1.165) is 29.2 Å². The number of phenols is 1. The van der Waals surface area contributed by atoms with Crippen LogP contribution in [-0.2, 0) is 11.0 Å². The molecule has 1 atom stereocenters. The molecular formula is C17H15F3O4S. The first-order valence-corrected chi connectivity index (χ1v) is 8.23. The molecule has 134 valence electrons. The zero-order valence-electron chi connectivity index (χ0n) is 12.9. The molecule has 4 nitrogen and oxygen atoms in total. The molecule has 0 aliphatic rings. The maximum absolute atomic E-state index is 12.5. The molecular weight excluding hydrogens is 357 g/mol. The summed E-state index contributed by atoms with van der Waals surface area (Å²) in [4.78, 5) is 12.1. The first-order valence-electron chi connectivity index (χ1n) is 7.24. The van der Waals surface area contributed by atoms with Gasteiger partial charge in [0.25, 0.3) is 0 Å². The third kappa shape index (κ3) is 5.90. The van der Waals surface area contributed by atoms with E-state index >= 15 is 0 Å². The lowest BCUT2D eigenvalue weighted by atomic mass is 10.2. The third-order valence-electron chi connectivity index (χ3n) is 3.22. The van der Waals surface area contributed by atoms with Crippen molar-refractivity contribution < 1.29 is 32.9 Å². The van der Waals surface area contributed by atoms with Gasteiger partial charge in [-0.05, 0) is 48.5 Å². The molecule has 1 unspecified atom stereocenters. The van der Waals surface area contributed by atoms with E-state index in [1.165, 1.54) is 23.9 Å². The second-order valence-electron chi connectivity index (χ2n) is 5.10. The highest BCUT2D eigenvalue weighted by Gasteiger charge is 2.30. The highest BCUT2D eigenvalue weighted by molar-refractivity contribution is 7.99. The number of carbonyl (C=O) groups is 1. The number of rotatable bonds is 7. The predicted molar refractivity (Wildman–Crippen MR) is 86.9 cm³/mol. The van der Waals surface area contributed by atoms with Crippen molar-refractivity contribution >= 4 is 17.7 Å². The van der Waals surface area contributed by atoms with Gasteiger partial charge in [0.2, 0.25) is 0 Å². The lowest BCUT2D eigenvalue weighted by Crippen LogP contribution is -2.27. The smallest absolute Gasteiger partial charge is 0.416 e. The molecule has 0 radical (unpaired) electrons. The molecule has 8 heteroatoms. The summed E-state index contributed by atoms with van der Waals surface area (Å²) in [5.74, 6) is -0.554. The van der Waals surface area contributed by atoms with Crippen molar-refractivity contribution in [1.82, 2.24) is 0 Å². The van der Waals surface area contributed by atoms with E-state index in [0.29, 0.717) is 5.75 Å². The van der Waals surface area contributed by atoms with Crippen LogP contribution in [0.3, 0.4) is 0 Å². The Kier molecular flexibility index (Phi) is 6.19. The predicted octanol–water partition coefficient (Wildman–Crippen LogP) is 4.43. The molecule has 0 saturated carbocycles. The number of hydrogen-bond acceptors (Lipinski definition) is 4. The van der Waals surface area contributed by atoms with E-state index in [-0.39, 0.29) is 17.9 Å². The number of benzene rings is 2. The number of aliphatic carboxylic acids is 1. The van der Waals surface area contributed by atoms with E-state index in [2.05, 4.69) is 0 Å². The van der Waals surface area contributed by atoms with Crippen molar-refractivity contribution in [3.63, 3.8) is 0 Å². The summed E-state index contributed by atoms with van der Waals surface area (Å²) >= 11 is 1.39. The monoisotopic (exact) mass is 372 g/mol. The second kappa shape index (κ2) is 8.15. The van der Waals surface area contributed by atoms with Crippen LogP contribution in [0, 0.1) is 0 Å². The number of carboxylic acid groups (broad SMARTS) is 1. The third-order valence-corrected chi connectivity index (χ3v) is 4.27. The minimum absolute atomic E-state index is 0.0648. The molecule has 25 heavy (non-hydrogen) atoms. The van der Waals surface area contributed by atoms with Gasteiger partial charge in [-0.15, -0.1) is 11.8 Å². The lowest BCUT2D eigenvalue weighted by molar-refractivity contribution is -0.145. The van der Waals surface area contributed by atoms with Gasteiger partial charge in [0, 0.05) is 17.1 Å². The van der Waals surface area contributed by atoms with E-state index in [4.69, 9.17) is 4.74 Å². The van der Waals surface area contributed by atoms with Gasteiger partial charge in [0.15, 0.2) is 6.10 Å². The molecule has 0 amide bonds. The highest BCUT2D eigenvalue weighted by atomic mass is 32.2. The standard InChI is InChI=1S/C17H15F3O4S/c18-17(19,20)11-1-5-13(6-2-11)24-15(16(22)23)9-10-25-14-7-3-12(21)4-8-14/h1-8,15,21H,9-10H2,(H,22,23). The fourth-order valence-corrected chi connectivity index (χ4v) is 2.84. The average molecular weight is 372 g/mol. The van der Waals surface area contributed by atoms with Crippen LogP contribution in [0.2, 0.25) is 0 Å². The van der Waals surface area contributed by atoms with Crippen LogP contribution in [0.25, 0.3) is 0 Å². The maximum Gasteiger partial charge on any atom is 0.416 e. The molecule has 2 aromatic rings. The molecule has 0 heterocycles. The number of phenolic OH excluding ortho intramolecular Hbond substituents is 1. The molecule has 0 aromatic heterocycles. The van der Waals surface area contributed by atoms with Crippen LogP contribution in [0.4, 0.5) is 13.2 Å². The topological polar surface area (TPSA) is 66.8 Å². The minimum atomic E-state index is -4.45. The van der Waals surface area contributed by atoms with Gasteiger partial charge in [-0.3, -0.25) is 0 Å². The SMILES string of the molecule is O=C(O)C(CCSc1ccc(O)cc1)Oc1ccc(C(F)(F)F)cc1. The van der Waals surface area contributed by atoms with Crippen LogP contribution in [0.15, 0.2) is 53.4 Å². The van der Waals surface area contributed by atoms with Crippen molar-refractivity contribution in [3.05, 3.63) is 54.1 Å². The summed E-state index contributed by atoms with van der Waals surface area (Å²) < 4.78 is 42.8. The van der Waals surface area contributed by atoms with E-state index in [9.17, 15) is 28.2 Å².